The number of nitrogens with one attached hydrogen (secondary N) is 4. The normalized spacial score (nSPS) is 31.4. The molecule has 0 amide bonds. The minimum Gasteiger partial charge on any atom is -0.465 e. The molecule has 3 aliphatic rings. The fraction of sp³-hybridized carbons (Fsp3) is 0.905. The minimum absolute atomic E-state index is 0.159. The van der Waals surface area contributed by atoms with Gasteiger partial charge in [0.1, 0.15) is 17.5 Å². The molecule has 1 saturated carbocycles. The minimum atomic E-state index is -1.17. The fourth-order valence-electron chi connectivity index (χ4n) is 4.89. The first-order chi connectivity index (χ1) is 14.1. The molecule has 3 rings (SSSR count). The van der Waals surface area contributed by atoms with Crippen molar-refractivity contribution in [2.75, 3.05) is 13.2 Å². The molecule has 8 heteroatoms. The molecule has 29 heavy (non-hydrogen) atoms. The molecule has 7 nitrogen and oxygen atoms in total. The summed E-state index contributed by atoms with van der Waals surface area (Å²) in [5.74, 6) is 1.29. The fourth-order valence-corrected chi connectivity index (χ4v) is 4.89. The quantitative estimate of drug-likeness (QED) is 0.309. The second kappa shape index (κ2) is 11.1. The van der Waals surface area contributed by atoms with E-state index in [0.29, 0.717) is 44.6 Å². The molecule has 2 fully saturated rings. The lowest BCUT2D eigenvalue weighted by atomic mass is 9.67. The number of rotatable bonds is 11. The highest BCUT2D eigenvalue weighted by molar-refractivity contribution is 5.82. The van der Waals surface area contributed by atoms with Crippen molar-refractivity contribution >= 4 is 11.8 Å². The highest BCUT2D eigenvalue weighted by atomic mass is 19.1. The Bertz CT molecular complexity index is 561. The molecule has 2 aliphatic heterocycles. The molecule has 166 valence electrons. The maximum Gasteiger partial charge on any atom is 0.323 e. The summed E-state index contributed by atoms with van der Waals surface area (Å²) in [4.78, 5) is 12.5. The number of hydrazine groups is 2. The van der Waals surface area contributed by atoms with Crippen molar-refractivity contribution in [3.8, 4) is 0 Å². The predicted octanol–water partition coefficient (Wildman–Crippen LogP) is 3.08. The molecule has 0 aromatic heterocycles. The molecule has 1 aliphatic carbocycles. The van der Waals surface area contributed by atoms with Crippen molar-refractivity contribution in [1.82, 2.24) is 21.8 Å². The van der Waals surface area contributed by atoms with Gasteiger partial charge in [-0.3, -0.25) is 10.2 Å². The number of amidine groups is 1. The first-order valence-corrected chi connectivity index (χ1v) is 11.5. The highest BCUT2D eigenvalue weighted by Gasteiger charge is 2.44. The van der Waals surface area contributed by atoms with Crippen molar-refractivity contribution in [1.29, 1.82) is 0 Å². The van der Waals surface area contributed by atoms with E-state index < -0.39 is 5.67 Å². The van der Waals surface area contributed by atoms with Gasteiger partial charge in [0.25, 0.3) is 0 Å². The Balaban J connectivity index is 1.37. The Morgan fingerprint density at radius 1 is 1.24 bits per heavy atom. The zero-order valence-corrected chi connectivity index (χ0v) is 17.8. The molecule has 0 spiro atoms. The third-order valence-electron chi connectivity index (χ3n) is 6.71. The Kier molecular flexibility index (Phi) is 8.53. The van der Waals surface area contributed by atoms with Crippen LogP contribution in [0.2, 0.25) is 0 Å². The number of carbonyl (C=O) groups excluding carboxylic acids is 1. The molecular weight excluding hydrogens is 373 g/mol. The van der Waals surface area contributed by atoms with Crippen molar-refractivity contribution in [2.45, 2.75) is 95.7 Å². The summed E-state index contributed by atoms with van der Waals surface area (Å²) in [6.07, 6.45) is 10.8. The summed E-state index contributed by atoms with van der Waals surface area (Å²) in [6.45, 7) is 3.50. The number of unbranched alkanes of at least 4 members (excludes halogenated alkanes) is 5. The third kappa shape index (κ3) is 6.81. The van der Waals surface area contributed by atoms with Crippen LogP contribution in [0.3, 0.4) is 0 Å². The van der Waals surface area contributed by atoms with E-state index in [1.807, 2.05) is 0 Å². The van der Waals surface area contributed by atoms with E-state index in [1.54, 1.807) is 0 Å². The zero-order chi connectivity index (χ0) is 20.5. The van der Waals surface area contributed by atoms with Gasteiger partial charge in [0.15, 0.2) is 0 Å². The molecule has 0 unspecified atom stereocenters. The summed E-state index contributed by atoms with van der Waals surface area (Å²) in [5.41, 5.74) is 7.01. The van der Waals surface area contributed by atoms with Crippen molar-refractivity contribution in [3.05, 3.63) is 0 Å². The number of hydrogen-bond donors (Lipinski definition) is 4. The number of fused-ring (bicyclic) bond motifs is 1. The number of carbonyl (C=O) groups is 1. The van der Waals surface area contributed by atoms with Crippen molar-refractivity contribution < 1.29 is 13.9 Å². The zero-order valence-electron chi connectivity index (χ0n) is 17.8. The van der Waals surface area contributed by atoms with Gasteiger partial charge < -0.3 is 10.1 Å². The average molecular weight is 412 g/mol. The number of hydrogen-bond acceptors (Lipinski definition) is 7. The molecule has 0 radical (unpaired) electrons. The Morgan fingerprint density at radius 2 is 2.07 bits per heavy atom. The van der Waals surface area contributed by atoms with E-state index in [0.717, 1.165) is 31.6 Å². The lowest BCUT2D eigenvalue weighted by Crippen LogP contribution is -2.52. The van der Waals surface area contributed by atoms with Gasteiger partial charge in [-0.15, -0.1) is 10.6 Å². The third-order valence-corrected chi connectivity index (χ3v) is 6.71. The highest BCUT2D eigenvalue weighted by Crippen LogP contribution is 2.44. The number of nitrogens with zero attached hydrogens (tertiary/aromatic N) is 1. The van der Waals surface area contributed by atoms with E-state index in [-0.39, 0.29) is 17.9 Å². The van der Waals surface area contributed by atoms with Crippen LogP contribution in [0.1, 0.15) is 84.0 Å². The first kappa shape index (κ1) is 22.3. The summed E-state index contributed by atoms with van der Waals surface area (Å²) in [7, 11) is 0. The standard InChI is InChI=1S/C21H38FN5O2/c1-2-3-4-5-6-7-12-29-20(28)18-13-17-14-21(22,10-8-16(17)15-23-18)11-9-19-24-26-27-25-19/h16-18,23,26-27H,2-15H2,1H3,(H,24,25)/t16-,17-,18-,21-/m0/s1. The molecule has 4 N–H and O–H groups in total. The number of esters is 1. The Labute approximate surface area is 173 Å². The second-order valence-electron chi connectivity index (χ2n) is 8.97. The van der Waals surface area contributed by atoms with E-state index in [2.05, 4.69) is 33.8 Å². The second-order valence-corrected chi connectivity index (χ2v) is 8.97. The van der Waals surface area contributed by atoms with Crippen molar-refractivity contribution in [2.24, 2.45) is 16.9 Å². The van der Waals surface area contributed by atoms with Crippen LogP contribution in [0, 0.1) is 11.8 Å². The topological polar surface area (TPSA) is 86.8 Å². The molecule has 1 saturated heterocycles. The van der Waals surface area contributed by atoms with Crippen LogP contribution < -0.4 is 21.8 Å². The maximum absolute atomic E-state index is 15.4. The van der Waals surface area contributed by atoms with Gasteiger partial charge in [-0.25, -0.2) is 9.93 Å². The molecule has 2 heterocycles. The number of hydrazone groups is 1. The van der Waals surface area contributed by atoms with E-state index in [9.17, 15) is 4.79 Å². The average Bonchev–Trinajstić information content (AvgIpc) is 3.25. The van der Waals surface area contributed by atoms with Gasteiger partial charge in [-0.05, 0) is 56.9 Å². The van der Waals surface area contributed by atoms with Crippen LogP contribution in [0.5, 0.6) is 0 Å². The van der Waals surface area contributed by atoms with Gasteiger partial charge >= 0.3 is 5.97 Å². The summed E-state index contributed by atoms with van der Waals surface area (Å²) in [6, 6.07) is -0.284. The molecule has 0 bridgehead atoms. The van der Waals surface area contributed by atoms with Crippen molar-refractivity contribution in [3.63, 3.8) is 0 Å². The van der Waals surface area contributed by atoms with Crippen LogP contribution in [0.4, 0.5) is 4.39 Å². The van der Waals surface area contributed by atoms with E-state index in [1.165, 1.54) is 25.7 Å². The SMILES string of the molecule is CCCCCCCCOC(=O)[C@@H]1C[C@H]2C[C@@](F)(CCC3=NNNN3)CC[C@H]2CN1. The van der Waals surface area contributed by atoms with Gasteiger partial charge in [0.05, 0.1) is 6.61 Å². The van der Waals surface area contributed by atoms with Gasteiger partial charge in [0, 0.05) is 6.42 Å². The van der Waals surface area contributed by atoms with Crippen LogP contribution in [0.25, 0.3) is 0 Å². The predicted molar refractivity (Wildman–Crippen MR) is 111 cm³/mol. The molecule has 0 aromatic carbocycles. The summed E-state index contributed by atoms with van der Waals surface area (Å²) >= 11 is 0. The maximum atomic E-state index is 15.4. The Morgan fingerprint density at radius 3 is 2.86 bits per heavy atom. The van der Waals surface area contributed by atoms with Crippen LogP contribution >= 0.6 is 0 Å². The number of piperidine rings is 1. The number of ether oxygens (including phenoxy) is 1. The summed E-state index contributed by atoms with van der Waals surface area (Å²) in [5, 5.41) is 7.38. The monoisotopic (exact) mass is 411 g/mol. The lowest BCUT2D eigenvalue weighted by Gasteiger charge is -2.44. The van der Waals surface area contributed by atoms with E-state index in [4.69, 9.17) is 4.74 Å². The smallest absolute Gasteiger partial charge is 0.323 e. The lowest BCUT2D eigenvalue weighted by molar-refractivity contribution is -0.148. The number of alkyl halides is 1. The van der Waals surface area contributed by atoms with Crippen LogP contribution in [0.15, 0.2) is 5.10 Å². The van der Waals surface area contributed by atoms with Gasteiger partial charge in [0.2, 0.25) is 0 Å². The molecule has 4 atom stereocenters. The van der Waals surface area contributed by atoms with Gasteiger partial charge in [-0.2, -0.15) is 0 Å². The number of halogens is 1. The summed E-state index contributed by atoms with van der Waals surface area (Å²) < 4.78 is 20.9. The largest absolute Gasteiger partial charge is 0.465 e. The molecule has 0 aromatic rings. The van der Waals surface area contributed by atoms with Crippen LogP contribution in [-0.4, -0.2) is 36.7 Å². The first-order valence-electron chi connectivity index (χ1n) is 11.5. The molecular formula is C21H38FN5O2. The van der Waals surface area contributed by atoms with Gasteiger partial charge in [-0.1, -0.05) is 39.0 Å². The van der Waals surface area contributed by atoms with E-state index >= 15 is 4.39 Å². The van der Waals surface area contributed by atoms with Crippen LogP contribution in [-0.2, 0) is 9.53 Å². The Hall–Kier alpha value is -1.41.